The number of aryl methyl sites for hydroxylation is 2. The maximum atomic E-state index is 11.5. The highest BCUT2D eigenvalue weighted by Crippen LogP contribution is 2.34. The first kappa shape index (κ1) is 21.5. The number of nitrogens with two attached hydrogens (primary N) is 1. The molecule has 1 amide bonds. The van der Waals surface area contributed by atoms with Crippen molar-refractivity contribution < 1.29 is 19.4 Å². The number of amides is 1. The Labute approximate surface area is 179 Å². The minimum atomic E-state index is -0.866. The molecule has 1 aromatic heterocycles. The van der Waals surface area contributed by atoms with Gasteiger partial charge in [0.05, 0.1) is 23.7 Å². The summed E-state index contributed by atoms with van der Waals surface area (Å²) in [4.78, 5) is 22.7. The van der Waals surface area contributed by atoms with E-state index in [0.717, 1.165) is 28.2 Å². The lowest BCUT2D eigenvalue weighted by atomic mass is 10.1. The zero-order valence-corrected chi connectivity index (χ0v) is 17.6. The number of hydrogen-bond acceptors (Lipinski definition) is 3. The number of aromatic nitrogens is 1. The number of hydrogen-bond donors (Lipinski definition) is 2. The van der Waals surface area contributed by atoms with E-state index in [-0.39, 0.29) is 6.42 Å². The molecule has 0 spiro atoms. The fourth-order valence-electron chi connectivity index (χ4n) is 3.41. The van der Waals surface area contributed by atoms with E-state index in [4.69, 9.17) is 27.2 Å². The predicted octanol–water partition coefficient (Wildman–Crippen LogP) is 4.62. The van der Waals surface area contributed by atoms with Gasteiger partial charge in [0.1, 0.15) is 5.75 Å². The molecule has 3 aromatic rings. The van der Waals surface area contributed by atoms with Gasteiger partial charge in [-0.15, -0.1) is 0 Å². The molecular formula is C23H23ClN2O4. The molecule has 3 rings (SSSR count). The summed E-state index contributed by atoms with van der Waals surface area (Å²) in [6.45, 7) is 4.26. The number of primary amides is 1. The maximum Gasteiger partial charge on any atom is 0.303 e. The quantitative estimate of drug-likeness (QED) is 0.549. The van der Waals surface area contributed by atoms with Crippen molar-refractivity contribution in [2.75, 3.05) is 6.61 Å². The van der Waals surface area contributed by atoms with E-state index in [9.17, 15) is 9.59 Å². The van der Waals surface area contributed by atoms with Gasteiger partial charge < -0.3 is 20.1 Å². The molecule has 0 fully saturated rings. The van der Waals surface area contributed by atoms with Gasteiger partial charge in [-0.25, -0.2) is 0 Å². The van der Waals surface area contributed by atoms with Crippen molar-refractivity contribution in [3.05, 3.63) is 70.4 Å². The Hall–Kier alpha value is -3.25. The average molecular weight is 427 g/mol. The van der Waals surface area contributed by atoms with Gasteiger partial charge in [-0.05, 0) is 68.3 Å². The van der Waals surface area contributed by atoms with Crippen LogP contribution in [0.5, 0.6) is 5.75 Å². The molecule has 6 nitrogen and oxygen atoms in total. The average Bonchev–Trinajstić information content (AvgIpc) is 3.11. The Morgan fingerprint density at radius 1 is 1.13 bits per heavy atom. The number of halogens is 1. The van der Waals surface area contributed by atoms with Crippen LogP contribution in [0, 0.1) is 6.92 Å². The molecule has 7 heteroatoms. The van der Waals surface area contributed by atoms with Gasteiger partial charge in [0.2, 0.25) is 5.91 Å². The summed E-state index contributed by atoms with van der Waals surface area (Å²) in [5.74, 6) is -0.782. The fourth-order valence-corrected chi connectivity index (χ4v) is 3.58. The Morgan fingerprint density at radius 2 is 1.90 bits per heavy atom. The van der Waals surface area contributed by atoms with Crippen LogP contribution in [-0.2, 0) is 11.2 Å². The molecule has 0 saturated heterocycles. The van der Waals surface area contributed by atoms with E-state index in [0.29, 0.717) is 29.4 Å². The second-order valence-electron chi connectivity index (χ2n) is 6.88. The van der Waals surface area contributed by atoms with Crippen molar-refractivity contribution >= 4 is 23.5 Å². The topological polar surface area (TPSA) is 94.6 Å². The third kappa shape index (κ3) is 4.49. The summed E-state index contributed by atoms with van der Waals surface area (Å²) < 4.78 is 7.63. The minimum absolute atomic E-state index is 0.00663. The summed E-state index contributed by atoms with van der Waals surface area (Å²) in [5, 5.41) is 9.67. The molecule has 0 saturated carbocycles. The molecule has 0 aliphatic rings. The molecule has 0 radical (unpaired) electrons. The highest BCUT2D eigenvalue weighted by atomic mass is 35.5. The Kier molecular flexibility index (Phi) is 6.47. The van der Waals surface area contributed by atoms with Gasteiger partial charge in [-0.2, -0.15) is 0 Å². The number of carboxylic acids is 1. The summed E-state index contributed by atoms with van der Waals surface area (Å²) in [5.41, 5.74) is 10.1. The minimum Gasteiger partial charge on any atom is -0.492 e. The fraction of sp³-hybridized carbons (Fsp3) is 0.217. The number of benzene rings is 2. The molecule has 2 aromatic carbocycles. The van der Waals surface area contributed by atoms with Crippen LogP contribution in [0.4, 0.5) is 0 Å². The molecule has 0 unspecified atom stereocenters. The largest absolute Gasteiger partial charge is 0.492 e. The van der Waals surface area contributed by atoms with Crippen molar-refractivity contribution in [2.45, 2.75) is 26.7 Å². The molecule has 0 aliphatic carbocycles. The molecule has 1 heterocycles. The molecule has 30 heavy (non-hydrogen) atoms. The first-order chi connectivity index (χ1) is 14.3. The van der Waals surface area contributed by atoms with E-state index in [1.165, 1.54) is 0 Å². The van der Waals surface area contributed by atoms with Gasteiger partial charge in [0, 0.05) is 22.5 Å². The van der Waals surface area contributed by atoms with Crippen molar-refractivity contribution in [1.29, 1.82) is 0 Å². The Bertz CT molecular complexity index is 1100. The van der Waals surface area contributed by atoms with Gasteiger partial charge in [0.25, 0.3) is 0 Å². The van der Waals surface area contributed by atoms with E-state index < -0.39 is 11.9 Å². The highest BCUT2D eigenvalue weighted by molar-refractivity contribution is 6.32. The molecular weight excluding hydrogens is 404 g/mol. The monoisotopic (exact) mass is 426 g/mol. The second kappa shape index (κ2) is 9.05. The molecule has 0 atom stereocenters. The highest BCUT2D eigenvalue weighted by Gasteiger charge is 2.17. The lowest BCUT2D eigenvalue weighted by molar-refractivity contribution is -0.136. The summed E-state index contributed by atoms with van der Waals surface area (Å²) in [7, 11) is 0. The summed E-state index contributed by atoms with van der Waals surface area (Å²) in [6.07, 6.45) is 0.366. The smallest absolute Gasteiger partial charge is 0.303 e. The van der Waals surface area contributed by atoms with Crippen LogP contribution in [0.1, 0.15) is 35.0 Å². The molecule has 0 aliphatic heterocycles. The Balaban J connectivity index is 2.17. The standard InChI is InChI=1S/C23H23ClN2O4/c1-3-30-21-13-15(4-8-18(21)24)20-10-6-17(7-11-22(27)28)26(20)19-9-5-16(23(25)29)12-14(19)2/h4-6,8-10,12-13H,3,7,11H2,1-2H3,(H2,25,29)(H,27,28). The zero-order chi connectivity index (χ0) is 21.8. The Morgan fingerprint density at radius 3 is 2.53 bits per heavy atom. The number of carbonyl (C=O) groups is 2. The molecule has 0 bridgehead atoms. The van der Waals surface area contributed by atoms with Crippen LogP contribution in [0.15, 0.2) is 48.5 Å². The number of ether oxygens (including phenoxy) is 1. The first-order valence-corrected chi connectivity index (χ1v) is 9.95. The molecule has 3 N–H and O–H groups in total. The maximum absolute atomic E-state index is 11.5. The van der Waals surface area contributed by atoms with Crippen LogP contribution in [0.3, 0.4) is 0 Å². The van der Waals surface area contributed by atoms with Gasteiger partial charge in [0.15, 0.2) is 0 Å². The number of carboxylic acid groups (broad SMARTS) is 1. The van der Waals surface area contributed by atoms with Crippen molar-refractivity contribution in [1.82, 2.24) is 4.57 Å². The SMILES string of the molecule is CCOc1cc(-c2ccc(CCC(=O)O)n2-c2ccc(C(N)=O)cc2C)ccc1Cl. The number of aliphatic carboxylic acids is 1. The third-order valence-electron chi connectivity index (χ3n) is 4.81. The number of nitrogens with zero attached hydrogens (tertiary/aromatic N) is 1. The summed E-state index contributed by atoms with van der Waals surface area (Å²) in [6, 6.07) is 14.6. The second-order valence-corrected chi connectivity index (χ2v) is 7.29. The van der Waals surface area contributed by atoms with E-state index >= 15 is 0 Å². The van der Waals surface area contributed by atoms with Gasteiger partial charge in [-0.3, -0.25) is 9.59 Å². The van der Waals surface area contributed by atoms with Crippen LogP contribution < -0.4 is 10.5 Å². The number of carbonyl (C=O) groups excluding carboxylic acids is 1. The number of rotatable bonds is 8. The lowest BCUT2D eigenvalue weighted by Gasteiger charge is -2.17. The van der Waals surface area contributed by atoms with Crippen LogP contribution in [0.2, 0.25) is 5.02 Å². The van der Waals surface area contributed by atoms with Gasteiger partial charge >= 0.3 is 5.97 Å². The third-order valence-corrected chi connectivity index (χ3v) is 5.12. The predicted molar refractivity (Wildman–Crippen MR) is 117 cm³/mol. The van der Waals surface area contributed by atoms with E-state index in [1.807, 2.05) is 48.7 Å². The normalized spacial score (nSPS) is 10.8. The van der Waals surface area contributed by atoms with Crippen molar-refractivity contribution in [3.8, 4) is 22.7 Å². The lowest BCUT2D eigenvalue weighted by Crippen LogP contribution is -2.12. The van der Waals surface area contributed by atoms with Crippen LogP contribution in [-0.4, -0.2) is 28.2 Å². The van der Waals surface area contributed by atoms with Crippen LogP contribution in [0.25, 0.3) is 16.9 Å². The van der Waals surface area contributed by atoms with E-state index in [1.54, 1.807) is 18.2 Å². The van der Waals surface area contributed by atoms with Gasteiger partial charge in [-0.1, -0.05) is 17.7 Å². The van der Waals surface area contributed by atoms with Crippen LogP contribution >= 0.6 is 11.6 Å². The van der Waals surface area contributed by atoms with Crippen molar-refractivity contribution in [3.63, 3.8) is 0 Å². The first-order valence-electron chi connectivity index (χ1n) is 9.57. The van der Waals surface area contributed by atoms with Crippen molar-refractivity contribution in [2.24, 2.45) is 5.73 Å². The zero-order valence-electron chi connectivity index (χ0n) is 16.8. The molecule has 156 valence electrons. The summed E-state index contributed by atoms with van der Waals surface area (Å²) >= 11 is 6.24. The van der Waals surface area contributed by atoms with E-state index in [2.05, 4.69) is 0 Å².